The van der Waals surface area contributed by atoms with E-state index >= 15 is 0 Å². The largest absolute Gasteiger partial charge is 0.488 e. The van der Waals surface area contributed by atoms with Gasteiger partial charge in [0.1, 0.15) is 12.4 Å². The minimum Gasteiger partial charge on any atom is -0.488 e. The Labute approximate surface area is 266 Å². The summed E-state index contributed by atoms with van der Waals surface area (Å²) in [4.78, 5) is 43.7. The molecule has 11 heteroatoms. The Morgan fingerprint density at radius 2 is 1.78 bits per heavy atom. The molecular formula is C34H25ClN4O5S. The molecule has 1 aliphatic heterocycles. The van der Waals surface area contributed by atoms with Gasteiger partial charge in [0.2, 0.25) is 0 Å². The van der Waals surface area contributed by atoms with Gasteiger partial charge in [0, 0.05) is 28.4 Å². The Bertz CT molecular complexity index is 2140. The number of hydrogen-bond donors (Lipinski definition) is 1. The van der Waals surface area contributed by atoms with Crippen LogP contribution in [0.15, 0.2) is 124 Å². The number of halogens is 1. The number of non-ortho nitro benzene ring substituents is 1. The number of nitrogens with one attached hydrogen (secondary N) is 1. The number of hydrogen-bond acceptors (Lipinski definition) is 7. The van der Waals surface area contributed by atoms with E-state index in [-0.39, 0.29) is 23.8 Å². The lowest BCUT2D eigenvalue weighted by molar-refractivity contribution is -0.384. The number of thiazole rings is 1. The number of fused-ring (bicyclic) bond motifs is 1. The second kappa shape index (κ2) is 12.7. The first-order valence-electron chi connectivity index (χ1n) is 13.9. The standard InChI is InChI=1S/C34H25ClN4O5S/c1-21-30(32(40)37-26-10-3-2-4-11-26)31(23-14-16-25(35)17-15-23)38-33(41)29(45-34(38)36-21)19-24-9-5-6-13-28(24)44-20-22-8-7-12-27(18-22)39(42)43/h2-19,31H,20H2,1H3,(H,37,40)/b29-19+/t31-/m0/s1. The number of ether oxygens (including phenoxy) is 1. The number of nitrogens with zero attached hydrogens (tertiary/aromatic N) is 3. The van der Waals surface area contributed by atoms with Crippen molar-refractivity contribution in [2.75, 3.05) is 5.32 Å². The Morgan fingerprint density at radius 3 is 2.53 bits per heavy atom. The lowest BCUT2D eigenvalue weighted by Gasteiger charge is -2.25. The van der Waals surface area contributed by atoms with Crippen molar-refractivity contribution in [1.82, 2.24) is 4.57 Å². The fourth-order valence-electron chi connectivity index (χ4n) is 5.09. The number of carbonyl (C=O) groups is 1. The van der Waals surface area contributed by atoms with Crippen LogP contribution in [0.5, 0.6) is 5.75 Å². The van der Waals surface area contributed by atoms with Gasteiger partial charge in [-0.05, 0) is 54.5 Å². The normalized spacial score (nSPS) is 14.4. The van der Waals surface area contributed by atoms with E-state index in [0.717, 1.165) is 0 Å². The highest BCUT2D eigenvalue weighted by Crippen LogP contribution is 2.31. The number of nitro benzene ring substituents is 1. The summed E-state index contributed by atoms with van der Waals surface area (Å²) >= 11 is 7.40. The molecule has 9 nitrogen and oxygen atoms in total. The highest BCUT2D eigenvalue weighted by Gasteiger charge is 2.32. The topological polar surface area (TPSA) is 116 Å². The van der Waals surface area contributed by atoms with E-state index in [1.54, 1.807) is 72.2 Å². The molecule has 45 heavy (non-hydrogen) atoms. The molecule has 5 aromatic rings. The minimum absolute atomic E-state index is 0.0205. The van der Waals surface area contributed by atoms with Gasteiger partial charge in [0.25, 0.3) is 17.2 Å². The van der Waals surface area contributed by atoms with Crippen LogP contribution in [0.3, 0.4) is 0 Å². The second-order valence-corrected chi connectivity index (χ2v) is 11.7. The van der Waals surface area contributed by atoms with Crippen LogP contribution in [0, 0.1) is 10.1 Å². The summed E-state index contributed by atoms with van der Waals surface area (Å²) in [6.45, 7) is 1.86. The average molecular weight is 637 g/mol. The highest BCUT2D eigenvalue weighted by molar-refractivity contribution is 7.07. The molecule has 1 aliphatic rings. The zero-order valence-corrected chi connectivity index (χ0v) is 25.4. The van der Waals surface area contributed by atoms with Crippen molar-refractivity contribution >= 4 is 46.3 Å². The average Bonchev–Trinajstić information content (AvgIpc) is 3.34. The molecule has 1 N–H and O–H groups in total. The molecule has 0 aliphatic carbocycles. The maximum atomic E-state index is 14.1. The van der Waals surface area contributed by atoms with E-state index < -0.39 is 11.0 Å². The maximum absolute atomic E-state index is 14.1. The summed E-state index contributed by atoms with van der Waals surface area (Å²) in [5.74, 6) is 0.139. The first-order chi connectivity index (χ1) is 21.8. The molecule has 2 heterocycles. The Hall–Kier alpha value is -5.32. The zero-order valence-electron chi connectivity index (χ0n) is 23.8. The zero-order chi connectivity index (χ0) is 31.5. The molecule has 1 atom stereocenters. The molecule has 4 aromatic carbocycles. The van der Waals surface area contributed by atoms with Crippen LogP contribution < -0.4 is 24.9 Å². The lowest BCUT2D eigenvalue weighted by Crippen LogP contribution is -2.40. The van der Waals surface area contributed by atoms with E-state index in [2.05, 4.69) is 5.32 Å². The third-order valence-corrected chi connectivity index (χ3v) is 8.44. The van der Waals surface area contributed by atoms with Gasteiger partial charge in [-0.3, -0.25) is 24.3 Å². The van der Waals surface area contributed by atoms with Crippen molar-refractivity contribution in [3.63, 3.8) is 0 Å². The van der Waals surface area contributed by atoms with Gasteiger partial charge in [-0.1, -0.05) is 83.6 Å². The third kappa shape index (κ3) is 6.33. The molecule has 6 rings (SSSR count). The van der Waals surface area contributed by atoms with Crippen molar-refractivity contribution < 1.29 is 14.5 Å². The van der Waals surface area contributed by atoms with E-state index in [1.807, 2.05) is 36.4 Å². The predicted molar refractivity (Wildman–Crippen MR) is 174 cm³/mol. The predicted octanol–water partition coefficient (Wildman–Crippen LogP) is 6.01. The Kier molecular flexibility index (Phi) is 8.41. The number of nitro groups is 1. The van der Waals surface area contributed by atoms with Crippen LogP contribution in [-0.4, -0.2) is 15.4 Å². The number of para-hydroxylation sites is 2. The summed E-state index contributed by atoms with van der Waals surface area (Å²) in [6.07, 6.45) is 1.73. The molecule has 0 radical (unpaired) electrons. The number of benzene rings is 4. The Balaban J connectivity index is 1.40. The van der Waals surface area contributed by atoms with Gasteiger partial charge in [0.15, 0.2) is 4.80 Å². The molecule has 0 saturated heterocycles. The van der Waals surface area contributed by atoms with Gasteiger partial charge in [-0.2, -0.15) is 0 Å². The molecular weight excluding hydrogens is 612 g/mol. The monoisotopic (exact) mass is 636 g/mol. The molecule has 224 valence electrons. The number of anilines is 1. The first kappa shape index (κ1) is 29.7. The van der Waals surface area contributed by atoms with Crippen LogP contribution in [0.25, 0.3) is 6.08 Å². The summed E-state index contributed by atoms with van der Waals surface area (Å²) in [6, 6.07) is 28.9. The van der Waals surface area contributed by atoms with Gasteiger partial charge in [-0.25, -0.2) is 4.99 Å². The lowest BCUT2D eigenvalue weighted by atomic mass is 9.95. The summed E-state index contributed by atoms with van der Waals surface area (Å²) in [7, 11) is 0. The molecule has 0 spiro atoms. The SMILES string of the molecule is CC1=C(C(=O)Nc2ccccc2)[C@H](c2ccc(Cl)cc2)n2c(s/c(=C/c3ccccc3OCc3cccc([N+](=O)[O-])c3)c2=O)=N1. The van der Waals surface area contributed by atoms with Crippen molar-refractivity contribution in [1.29, 1.82) is 0 Å². The summed E-state index contributed by atoms with van der Waals surface area (Å²) < 4.78 is 7.98. The van der Waals surface area contributed by atoms with E-state index in [9.17, 15) is 19.7 Å². The number of amides is 1. The quantitative estimate of drug-likeness (QED) is 0.165. The van der Waals surface area contributed by atoms with Crippen molar-refractivity contribution in [3.8, 4) is 5.75 Å². The fraction of sp³-hybridized carbons (Fsp3) is 0.0882. The first-order valence-corrected chi connectivity index (χ1v) is 15.1. The van der Waals surface area contributed by atoms with E-state index in [4.69, 9.17) is 21.3 Å². The third-order valence-electron chi connectivity index (χ3n) is 7.21. The van der Waals surface area contributed by atoms with Gasteiger partial charge >= 0.3 is 0 Å². The van der Waals surface area contributed by atoms with Crippen molar-refractivity contribution in [3.05, 3.63) is 166 Å². The smallest absolute Gasteiger partial charge is 0.271 e. The molecule has 0 bridgehead atoms. The molecule has 0 fully saturated rings. The minimum atomic E-state index is -0.746. The summed E-state index contributed by atoms with van der Waals surface area (Å²) in [5.41, 5.74) is 3.12. The number of allylic oxidation sites excluding steroid dienone is 1. The van der Waals surface area contributed by atoms with Crippen LogP contribution in [-0.2, 0) is 11.4 Å². The fourth-order valence-corrected chi connectivity index (χ4v) is 6.25. The van der Waals surface area contributed by atoms with Crippen LogP contribution >= 0.6 is 22.9 Å². The summed E-state index contributed by atoms with van der Waals surface area (Å²) in [5, 5.41) is 14.6. The molecule has 0 saturated carbocycles. The maximum Gasteiger partial charge on any atom is 0.271 e. The molecule has 1 aromatic heterocycles. The number of aromatic nitrogens is 1. The van der Waals surface area contributed by atoms with Crippen molar-refractivity contribution in [2.45, 2.75) is 19.6 Å². The number of rotatable bonds is 8. The van der Waals surface area contributed by atoms with E-state index in [0.29, 0.717) is 53.8 Å². The number of carbonyl (C=O) groups excluding carboxylic acids is 1. The van der Waals surface area contributed by atoms with Crippen molar-refractivity contribution in [2.24, 2.45) is 4.99 Å². The second-order valence-electron chi connectivity index (χ2n) is 10.2. The molecule has 0 unspecified atom stereocenters. The highest BCUT2D eigenvalue weighted by atomic mass is 35.5. The van der Waals surface area contributed by atoms with Crippen LogP contribution in [0.4, 0.5) is 11.4 Å². The van der Waals surface area contributed by atoms with Gasteiger partial charge in [0.05, 0.1) is 26.8 Å². The van der Waals surface area contributed by atoms with Crippen LogP contribution in [0.1, 0.15) is 29.7 Å². The van der Waals surface area contributed by atoms with E-state index in [1.165, 1.54) is 23.5 Å². The molecule has 1 amide bonds. The van der Waals surface area contributed by atoms with Gasteiger partial charge in [-0.15, -0.1) is 0 Å². The van der Waals surface area contributed by atoms with Crippen LogP contribution in [0.2, 0.25) is 5.02 Å². The Morgan fingerprint density at radius 1 is 1.04 bits per heavy atom. The van der Waals surface area contributed by atoms with Gasteiger partial charge < -0.3 is 10.1 Å².